The summed E-state index contributed by atoms with van der Waals surface area (Å²) < 4.78 is 0. The first-order chi connectivity index (χ1) is 11.9. The number of fused-ring (bicyclic) bond motifs is 1. The van der Waals surface area contributed by atoms with Crippen LogP contribution in [-0.4, -0.2) is 13.1 Å². The minimum absolute atomic E-state index is 0.0845. The molecule has 2 N–H and O–H groups in total. The topological polar surface area (TPSA) is 29.3 Å². The van der Waals surface area contributed by atoms with Gasteiger partial charge in [-0.25, -0.2) is 0 Å². The van der Waals surface area contributed by atoms with Gasteiger partial charge in [0.15, 0.2) is 0 Å². The van der Waals surface area contributed by atoms with Gasteiger partial charge in [-0.1, -0.05) is 57.2 Å². The monoisotopic (exact) mass is 336 g/mol. The molecule has 2 nitrogen and oxygen atoms in total. The van der Waals surface area contributed by atoms with Crippen LogP contribution in [0.3, 0.4) is 0 Å². The van der Waals surface area contributed by atoms with E-state index < -0.39 is 0 Å². The molecule has 0 radical (unpaired) electrons. The van der Waals surface area contributed by atoms with Crippen LogP contribution >= 0.6 is 0 Å². The fraction of sp³-hybridized carbons (Fsp3) is 0.478. The first-order valence-electron chi connectivity index (χ1n) is 9.64. The Balaban J connectivity index is 1.94. The zero-order chi connectivity index (χ0) is 18.0. The Morgan fingerprint density at radius 1 is 1.16 bits per heavy atom. The Morgan fingerprint density at radius 3 is 2.52 bits per heavy atom. The van der Waals surface area contributed by atoms with E-state index in [-0.39, 0.29) is 11.5 Å². The molecule has 25 heavy (non-hydrogen) atoms. The molecule has 2 aromatic carbocycles. The normalized spacial score (nSPS) is 17.2. The second kappa shape index (κ2) is 7.21. The van der Waals surface area contributed by atoms with Crippen LogP contribution in [0.15, 0.2) is 42.5 Å². The number of nitrogens with two attached hydrogens (primary N) is 1. The summed E-state index contributed by atoms with van der Waals surface area (Å²) in [6.07, 6.45) is 3.34. The highest BCUT2D eigenvalue weighted by atomic mass is 15.1. The summed E-state index contributed by atoms with van der Waals surface area (Å²) in [5.74, 6) is 0. The fourth-order valence-electron chi connectivity index (χ4n) is 3.99. The molecule has 0 spiro atoms. The average molecular weight is 337 g/mol. The molecule has 0 amide bonds. The fourth-order valence-corrected chi connectivity index (χ4v) is 3.99. The standard InChI is InChI=1S/C23H32N2/c1-5-19-15-21-22(16-20(19)17(2)24)25(14-12-23(21,3)4)13-11-18-9-7-6-8-10-18/h6-10,15-17H,5,11-14,24H2,1-4H3. The van der Waals surface area contributed by atoms with Crippen molar-refractivity contribution in [3.63, 3.8) is 0 Å². The predicted molar refractivity (Wildman–Crippen MR) is 108 cm³/mol. The van der Waals surface area contributed by atoms with Gasteiger partial charge in [-0.2, -0.15) is 0 Å². The summed E-state index contributed by atoms with van der Waals surface area (Å²) in [6.45, 7) is 11.3. The molecule has 1 heterocycles. The third kappa shape index (κ3) is 3.74. The average Bonchev–Trinajstić information content (AvgIpc) is 2.61. The molecule has 0 saturated carbocycles. The molecule has 134 valence electrons. The molecular formula is C23H32N2. The van der Waals surface area contributed by atoms with E-state index in [1.165, 1.54) is 34.4 Å². The van der Waals surface area contributed by atoms with E-state index in [1.54, 1.807) is 0 Å². The van der Waals surface area contributed by atoms with Crippen molar-refractivity contribution in [1.29, 1.82) is 0 Å². The van der Waals surface area contributed by atoms with E-state index in [1.807, 2.05) is 0 Å². The van der Waals surface area contributed by atoms with Crippen LogP contribution in [0.1, 0.15) is 62.4 Å². The number of anilines is 1. The highest BCUT2D eigenvalue weighted by Crippen LogP contribution is 2.42. The summed E-state index contributed by atoms with van der Waals surface area (Å²) in [5, 5.41) is 0. The van der Waals surface area contributed by atoms with E-state index in [2.05, 4.69) is 75.1 Å². The van der Waals surface area contributed by atoms with Gasteiger partial charge in [0.25, 0.3) is 0 Å². The number of nitrogens with zero attached hydrogens (tertiary/aromatic N) is 1. The van der Waals surface area contributed by atoms with Gasteiger partial charge in [0.05, 0.1) is 0 Å². The molecule has 1 aliphatic rings. The Hall–Kier alpha value is -1.80. The summed E-state index contributed by atoms with van der Waals surface area (Å²) in [4.78, 5) is 2.57. The van der Waals surface area contributed by atoms with E-state index >= 15 is 0 Å². The van der Waals surface area contributed by atoms with Gasteiger partial charge in [-0.3, -0.25) is 0 Å². The molecule has 2 heteroatoms. The van der Waals surface area contributed by atoms with Crippen molar-refractivity contribution in [2.75, 3.05) is 18.0 Å². The first kappa shape index (κ1) is 18.0. The Labute approximate surface area is 153 Å². The molecule has 0 aromatic heterocycles. The van der Waals surface area contributed by atoms with Gasteiger partial charge in [0.2, 0.25) is 0 Å². The van der Waals surface area contributed by atoms with Crippen LogP contribution < -0.4 is 10.6 Å². The van der Waals surface area contributed by atoms with Gasteiger partial charge in [-0.15, -0.1) is 0 Å². The van der Waals surface area contributed by atoms with E-state index in [9.17, 15) is 0 Å². The van der Waals surface area contributed by atoms with Crippen LogP contribution in [0, 0.1) is 0 Å². The maximum atomic E-state index is 6.28. The van der Waals surface area contributed by atoms with Crippen molar-refractivity contribution in [2.45, 2.75) is 58.4 Å². The number of aryl methyl sites for hydroxylation is 1. The van der Waals surface area contributed by atoms with Crippen molar-refractivity contribution in [1.82, 2.24) is 0 Å². The predicted octanol–water partition coefficient (Wildman–Crippen LogP) is 5.00. The van der Waals surface area contributed by atoms with Crippen LogP contribution in [0.2, 0.25) is 0 Å². The minimum Gasteiger partial charge on any atom is -0.371 e. The molecular weight excluding hydrogens is 304 g/mol. The summed E-state index contributed by atoms with van der Waals surface area (Å²) >= 11 is 0. The lowest BCUT2D eigenvalue weighted by Gasteiger charge is -2.41. The zero-order valence-corrected chi connectivity index (χ0v) is 16.2. The smallest absolute Gasteiger partial charge is 0.0407 e. The number of hydrogen-bond donors (Lipinski definition) is 1. The first-order valence-corrected chi connectivity index (χ1v) is 9.64. The van der Waals surface area contributed by atoms with Gasteiger partial charge in [0, 0.05) is 24.8 Å². The largest absolute Gasteiger partial charge is 0.371 e. The Morgan fingerprint density at radius 2 is 1.88 bits per heavy atom. The summed E-state index contributed by atoms with van der Waals surface area (Å²) in [7, 11) is 0. The van der Waals surface area contributed by atoms with Crippen molar-refractivity contribution >= 4 is 5.69 Å². The molecule has 0 saturated heterocycles. The molecule has 1 atom stereocenters. The van der Waals surface area contributed by atoms with Gasteiger partial charge < -0.3 is 10.6 Å². The highest BCUT2D eigenvalue weighted by Gasteiger charge is 2.32. The van der Waals surface area contributed by atoms with E-state index in [0.717, 1.165) is 25.9 Å². The van der Waals surface area contributed by atoms with Gasteiger partial charge in [0.1, 0.15) is 0 Å². The second-order valence-corrected chi connectivity index (χ2v) is 8.07. The third-order valence-electron chi connectivity index (χ3n) is 5.72. The molecule has 0 fully saturated rings. The molecule has 0 aliphatic carbocycles. The van der Waals surface area contributed by atoms with Crippen LogP contribution in [-0.2, 0) is 18.3 Å². The molecule has 1 unspecified atom stereocenters. The third-order valence-corrected chi connectivity index (χ3v) is 5.72. The highest BCUT2D eigenvalue weighted by molar-refractivity contribution is 5.62. The maximum absolute atomic E-state index is 6.28. The van der Waals surface area contributed by atoms with Crippen LogP contribution in [0.5, 0.6) is 0 Å². The number of benzene rings is 2. The van der Waals surface area contributed by atoms with E-state index in [0.29, 0.717) is 0 Å². The number of rotatable bonds is 5. The van der Waals surface area contributed by atoms with Crippen molar-refractivity contribution < 1.29 is 0 Å². The SMILES string of the molecule is CCc1cc2c(cc1C(C)N)N(CCc1ccccc1)CCC2(C)C. The lowest BCUT2D eigenvalue weighted by atomic mass is 9.75. The number of hydrogen-bond acceptors (Lipinski definition) is 2. The van der Waals surface area contributed by atoms with Gasteiger partial charge >= 0.3 is 0 Å². The summed E-state index contributed by atoms with van der Waals surface area (Å²) in [5.41, 5.74) is 13.5. The lowest BCUT2D eigenvalue weighted by molar-refractivity contribution is 0.453. The molecule has 3 rings (SSSR count). The zero-order valence-electron chi connectivity index (χ0n) is 16.2. The Bertz CT molecular complexity index is 716. The summed E-state index contributed by atoms with van der Waals surface area (Å²) in [6, 6.07) is 15.7. The maximum Gasteiger partial charge on any atom is 0.0407 e. The van der Waals surface area contributed by atoms with Crippen LogP contribution in [0.25, 0.3) is 0 Å². The van der Waals surface area contributed by atoms with Crippen molar-refractivity contribution in [2.24, 2.45) is 5.73 Å². The van der Waals surface area contributed by atoms with Crippen molar-refractivity contribution in [3.05, 3.63) is 64.7 Å². The molecule has 0 bridgehead atoms. The quantitative estimate of drug-likeness (QED) is 0.832. The van der Waals surface area contributed by atoms with Crippen molar-refractivity contribution in [3.8, 4) is 0 Å². The molecule has 2 aromatic rings. The lowest BCUT2D eigenvalue weighted by Crippen LogP contribution is -2.38. The minimum atomic E-state index is 0.0845. The molecule has 1 aliphatic heterocycles. The second-order valence-electron chi connectivity index (χ2n) is 8.07. The van der Waals surface area contributed by atoms with Gasteiger partial charge in [-0.05, 0) is 59.9 Å². The Kier molecular flexibility index (Phi) is 5.19. The van der Waals surface area contributed by atoms with E-state index in [4.69, 9.17) is 5.73 Å². The van der Waals surface area contributed by atoms with Crippen LogP contribution in [0.4, 0.5) is 5.69 Å².